The molecule has 3 aromatic rings. The minimum Gasteiger partial charge on any atom is -0.497 e. The summed E-state index contributed by atoms with van der Waals surface area (Å²) >= 11 is 6.17. The van der Waals surface area contributed by atoms with Crippen LogP contribution in [0.2, 0.25) is 5.02 Å². The first-order chi connectivity index (χ1) is 14.6. The number of carbonyl (C=O) groups is 1. The quantitative estimate of drug-likeness (QED) is 0.643. The molecule has 0 saturated carbocycles. The van der Waals surface area contributed by atoms with Gasteiger partial charge < -0.3 is 19.5 Å². The number of aromatic nitrogens is 2. The number of carbonyl (C=O) groups excluding carboxylic acids is 1. The predicted octanol–water partition coefficient (Wildman–Crippen LogP) is 3.93. The summed E-state index contributed by atoms with van der Waals surface area (Å²) in [6, 6.07) is 15.4. The first-order valence-corrected chi connectivity index (χ1v) is 10.3. The molecule has 1 fully saturated rings. The molecule has 7 nitrogen and oxygen atoms in total. The van der Waals surface area contributed by atoms with Crippen molar-refractivity contribution in [2.75, 3.05) is 25.1 Å². The fourth-order valence-electron chi connectivity index (χ4n) is 3.53. The molecule has 0 unspecified atom stereocenters. The summed E-state index contributed by atoms with van der Waals surface area (Å²) < 4.78 is 10.6. The summed E-state index contributed by atoms with van der Waals surface area (Å²) in [4.78, 5) is 19.2. The van der Waals surface area contributed by atoms with Gasteiger partial charge in [0.25, 0.3) is 0 Å². The number of hydrogen-bond donors (Lipinski definition) is 1. The van der Waals surface area contributed by atoms with Crippen LogP contribution in [0.1, 0.15) is 18.4 Å². The molecule has 0 spiro atoms. The maximum atomic E-state index is 12.7. The Kier molecular flexibility index (Phi) is 6.18. The molecule has 1 saturated heterocycles. The largest absolute Gasteiger partial charge is 0.497 e. The fourth-order valence-corrected chi connectivity index (χ4v) is 3.74. The van der Waals surface area contributed by atoms with E-state index in [-0.39, 0.29) is 11.8 Å². The van der Waals surface area contributed by atoms with Crippen molar-refractivity contribution in [2.24, 2.45) is 5.92 Å². The van der Waals surface area contributed by atoms with E-state index in [0.717, 1.165) is 36.3 Å². The Morgan fingerprint density at radius 3 is 2.83 bits per heavy atom. The van der Waals surface area contributed by atoms with Crippen molar-refractivity contribution in [3.8, 4) is 17.1 Å². The van der Waals surface area contributed by atoms with Crippen LogP contribution in [0.5, 0.6) is 5.75 Å². The van der Waals surface area contributed by atoms with E-state index in [0.29, 0.717) is 30.0 Å². The number of piperidine rings is 1. The van der Waals surface area contributed by atoms with Gasteiger partial charge in [-0.2, -0.15) is 4.98 Å². The molecule has 0 aliphatic carbocycles. The average molecular weight is 427 g/mol. The third kappa shape index (κ3) is 4.57. The van der Waals surface area contributed by atoms with E-state index in [1.807, 2.05) is 53.4 Å². The molecule has 4 rings (SSSR count). The van der Waals surface area contributed by atoms with Gasteiger partial charge in [0.15, 0.2) is 0 Å². The third-order valence-corrected chi connectivity index (χ3v) is 5.61. The Bertz CT molecular complexity index is 1010. The zero-order chi connectivity index (χ0) is 20.9. The summed E-state index contributed by atoms with van der Waals surface area (Å²) in [5.41, 5.74) is 1.75. The Morgan fingerprint density at radius 2 is 2.07 bits per heavy atom. The smallest absolute Gasteiger partial charge is 0.324 e. The molecule has 30 heavy (non-hydrogen) atoms. The second kappa shape index (κ2) is 9.17. The first-order valence-electron chi connectivity index (χ1n) is 9.88. The number of nitrogens with zero attached hydrogens (tertiary/aromatic N) is 3. The molecular formula is C22H23ClN4O3. The van der Waals surface area contributed by atoms with Crippen LogP contribution in [0.15, 0.2) is 53.1 Å². The van der Waals surface area contributed by atoms with Gasteiger partial charge in [-0.1, -0.05) is 35.0 Å². The van der Waals surface area contributed by atoms with Gasteiger partial charge in [0.1, 0.15) is 5.75 Å². The lowest BCUT2D eigenvalue weighted by molar-refractivity contribution is -0.125. The lowest BCUT2D eigenvalue weighted by atomic mass is 9.97. The zero-order valence-corrected chi connectivity index (χ0v) is 17.4. The van der Waals surface area contributed by atoms with E-state index in [2.05, 4.69) is 15.5 Å². The van der Waals surface area contributed by atoms with Gasteiger partial charge in [-0.05, 0) is 48.7 Å². The number of anilines is 1. The maximum Gasteiger partial charge on any atom is 0.324 e. The number of nitrogens with one attached hydrogen (secondary N) is 1. The Morgan fingerprint density at radius 1 is 1.27 bits per heavy atom. The van der Waals surface area contributed by atoms with Crippen LogP contribution in [0.25, 0.3) is 11.4 Å². The molecule has 0 radical (unpaired) electrons. The lowest BCUT2D eigenvalue weighted by Crippen LogP contribution is -2.43. The number of ether oxygens (including phenoxy) is 1. The molecular weight excluding hydrogens is 404 g/mol. The summed E-state index contributed by atoms with van der Waals surface area (Å²) in [6.45, 7) is 1.73. The van der Waals surface area contributed by atoms with Gasteiger partial charge in [-0.15, -0.1) is 0 Å². The normalized spacial score (nSPS) is 16.3. The van der Waals surface area contributed by atoms with Gasteiger partial charge in [-0.3, -0.25) is 4.79 Å². The van der Waals surface area contributed by atoms with Gasteiger partial charge in [0, 0.05) is 30.2 Å². The number of methoxy groups -OCH3 is 1. The highest BCUT2D eigenvalue weighted by Gasteiger charge is 2.28. The van der Waals surface area contributed by atoms with Gasteiger partial charge in [0.05, 0.1) is 13.0 Å². The predicted molar refractivity (Wildman–Crippen MR) is 115 cm³/mol. The van der Waals surface area contributed by atoms with Crippen molar-refractivity contribution in [3.05, 3.63) is 59.1 Å². The second-order valence-corrected chi connectivity index (χ2v) is 7.63. The average Bonchev–Trinajstić information content (AvgIpc) is 3.29. The summed E-state index contributed by atoms with van der Waals surface area (Å²) in [5, 5.41) is 7.74. The fraction of sp³-hybridized carbons (Fsp3) is 0.318. The minimum atomic E-state index is -0.141. The second-order valence-electron chi connectivity index (χ2n) is 7.22. The van der Waals surface area contributed by atoms with E-state index >= 15 is 0 Å². The van der Waals surface area contributed by atoms with E-state index in [1.54, 1.807) is 7.11 Å². The standard InChI is InChI=1S/C22H23ClN4O3/c1-29-18-10-8-15(9-11-18)20-25-22(30-26-20)27-12-4-6-17(14-27)21(28)24-13-16-5-2-3-7-19(16)23/h2-3,5,7-11,17H,4,6,12-14H2,1H3,(H,24,28)/t17-/m1/s1. The van der Waals surface area contributed by atoms with Gasteiger partial charge in [0.2, 0.25) is 11.7 Å². The van der Waals surface area contributed by atoms with Gasteiger partial charge in [-0.25, -0.2) is 0 Å². The van der Waals surface area contributed by atoms with Crippen LogP contribution in [-0.4, -0.2) is 36.2 Å². The molecule has 1 atom stereocenters. The topological polar surface area (TPSA) is 80.5 Å². The molecule has 1 N–H and O–H groups in total. The third-order valence-electron chi connectivity index (χ3n) is 5.24. The maximum absolute atomic E-state index is 12.7. The molecule has 156 valence electrons. The zero-order valence-electron chi connectivity index (χ0n) is 16.7. The van der Waals surface area contributed by atoms with Crippen LogP contribution in [0, 0.1) is 5.92 Å². The van der Waals surface area contributed by atoms with E-state index in [4.69, 9.17) is 20.9 Å². The number of halogens is 1. The van der Waals surface area contributed by atoms with Gasteiger partial charge >= 0.3 is 6.01 Å². The van der Waals surface area contributed by atoms with Crippen LogP contribution in [-0.2, 0) is 11.3 Å². The molecule has 1 aliphatic rings. The molecule has 0 bridgehead atoms. The first kappa shape index (κ1) is 20.2. The number of amides is 1. The van der Waals surface area contributed by atoms with Crippen molar-refractivity contribution >= 4 is 23.5 Å². The lowest BCUT2D eigenvalue weighted by Gasteiger charge is -2.30. The van der Waals surface area contributed by atoms with Crippen molar-refractivity contribution in [2.45, 2.75) is 19.4 Å². The molecule has 2 heterocycles. The molecule has 8 heteroatoms. The SMILES string of the molecule is COc1ccc(-c2noc(N3CCC[C@@H](C(=O)NCc4ccccc4Cl)C3)n2)cc1. The number of rotatable bonds is 6. The highest BCUT2D eigenvalue weighted by atomic mass is 35.5. The van der Waals surface area contributed by atoms with Crippen molar-refractivity contribution in [3.63, 3.8) is 0 Å². The number of hydrogen-bond acceptors (Lipinski definition) is 6. The summed E-state index contributed by atoms with van der Waals surface area (Å²) in [5.74, 6) is 1.15. The van der Waals surface area contributed by atoms with Crippen LogP contribution >= 0.6 is 11.6 Å². The van der Waals surface area contributed by atoms with Crippen LogP contribution in [0.4, 0.5) is 6.01 Å². The Hall–Kier alpha value is -3.06. The van der Waals surface area contributed by atoms with E-state index in [9.17, 15) is 4.79 Å². The van der Waals surface area contributed by atoms with Crippen LogP contribution < -0.4 is 15.0 Å². The Labute approximate surface area is 180 Å². The molecule has 2 aromatic carbocycles. The van der Waals surface area contributed by atoms with Crippen molar-refractivity contribution in [1.82, 2.24) is 15.5 Å². The molecule has 1 aromatic heterocycles. The van der Waals surface area contributed by atoms with E-state index in [1.165, 1.54) is 0 Å². The molecule has 1 amide bonds. The van der Waals surface area contributed by atoms with E-state index < -0.39 is 0 Å². The summed E-state index contributed by atoms with van der Waals surface area (Å²) in [6.07, 6.45) is 1.70. The minimum absolute atomic E-state index is 0.00881. The highest BCUT2D eigenvalue weighted by Crippen LogP contribution is 2.26. The number of benzene rings is 2. The highest BCUT2D eigenvalue weighted by molar-refractivity contribution is 6.31. The monoisotopic (exact) mass is 426 g/mol. The van der Waals surface area contributed by atoms with Crippen LogP contribution in [0.3, 0.4) is 0 Å². The van der Waals surface area contributed by atoms with Crippen molar-refractivity contribution in [1.29, 1.82) is 0 Å². The van der Waals surface area contributed by atoms with Crippen molar-refractivity contribution < 1.29 is 14.1 Å². The Balaban J connectivity index is 1.38. The molecule has 1 aliphatic heterocycles. The summed E-state index contributed by atoms with van der Waals surface area (Å²) in [7, 11) is 1.62.